The van der Waals surface area contributed by atoms with Gasteiger partial charge < -0.3 is 5.73 Å². The Balaban J connectivity index is 3.24. The van der Waals surface area contributed by atoms with Crippen LogP contribution in [0.1, 0.15) is 20.3 Å². The maximum absolute atomic E-state index is 10.2. The summed E-state index contributed by atoms with van der Waals surface area (Å²) in [7, 11) is 0. The van der Waals surface area contributed by atoms with Crippen LogP contribution in [0.4, 0.5) is 4.79 Å². The Morgan fingerprint density at radius 3 is 2.50 bits per heavy atom. The van der Waals surface area contributed by atoms with Crippen LogP contribution in [-0.4, -0.2) is 10.5 Å². The van der Waals surface area contributed by atoms with Crippen LogP contribution in [0, 0.1) is 0 Å². The van der Waals surface area contributed by atoms with Crippen molar-refractivity contribution in [2.75, 3.05) is 0 Å². The smallest absolute Gasteiger partial charge is 0.276 e. The van der Waals surface area contributed by atoms with Gasteiger partial charge in [0.05, 0.1) is 0 Å². The molecule has 0 rings (SSSR count). The van der Waals surface area contributed by atoms with Crippen LogP contribution in [0.25, 0.3) is 0 Å². The Labute approximate surface area is 53.8 Å². The number of hydrogen-bond donors (Lipinski definition) is 1. The van der Waals surface area contributed by atoms with E-state index < -0.39 is 0 Å². The van der Waals surface area contributed by atoms with E-state index in [1.54, 1.807) is 0 Å². The molecule has 0 aromatic rings. The molecule has 0 aliphatic rings. The Morgan fingerprint density at radius 1 is 1.88 bits per heavy atom. The molecule has 1 unspecified atom stereocenters. The molecule has 3 heteroatoms. The highest BCUT2D eigenvalue weighted by Gasteiger charge is 2.01. The molecule has 0 aromatic heterocycles. The number of carbonyl (C=O) groups is 1. The van der Waals surface area contributed by atoms with Crippen LogP contribution >= 0.6 is 11.8 Å². The van der Waals surface area contributed by atoms with E-state index in [1.165, 1.54) is 11.8 Å². The lowest BCUT2D eigenvalue weighted by atomic mass is 10.4. The van der Waals surface area contributed by atoms with Crippen LogP contribution in [0.3, 0.4) is 0 Å². The van der Waals surface area contributed by atoms with Crippen molar-refractivity contribution < 1.29 is 4.79 Å². The monoisotopic (exact) mass is 133 g/mol. The van der Waals surface area contributed by atoms with E-state index >= 15 is 0 Å². The van der Waals surface area contributed by atoms with Crippen LogP contribution in [0.2, 0.25) is 0 Å². The second kappa shape index (κ2) is 3.78. The van der Waals surface area contributed by atoms with E-state index in [1.807, 2.05) is 13.8 Å². The van der Waals surface area contributed by atoms with Crippen LogP contribution in [0.15, 0.2) is 0 Å². The summed E-state index contributed by atoms with van der Waals surface area (Å²) in [5, 5.41) is 0.0897. The van der Waals surface area contributed by atoms with Crippen molar-refractivity contribution in [3.05, 3.63) is 0 Å². The summed E-state index contributed by atoms with van der Waals surface area (Å²) in [6, 6.07) is 0. The highest BCUT2D eigenvalue weighted by molar-refractivity contribution is 8.14. The Hall–Kier alpha value is -0.180. The van der Waals surface area contributed by atoms with Crippen LogP contribution < -0.4 is 5.73 Å². The first-order chi connectivity index (χ1) is 3.66. The molecule has 0 aliphatic heterocycles. The zero-order valence-electron chi connectivity index (χ0n) is 5.18. The lowest BCUT2D eigenvalue weighted by Crippen LogP contribution is -2.07. The van der Waals surface area contributed by atoms with Gasteiger partial charge in [0.25, 0.3) is 5.24 Å². The quantitative estimate of drug-likeness (QED) is 0.621. The normalized spacial score (nSPS) is 13.2. The summed E-state index contributed by atoms with van der Waals surface area (Å²) in [5.41, 5.74) is 4.89. The molecule has 0 radical (unpaired) electrons. The Bertz CT molecular complexity index is 84.5. The first-order valence-electron chi connectivity index (χ1n) is 2.63. The highest BCUT2D eigenvalue weighted by Crippen LogP contribution is 2.11. The molecule has 2 N–H and O–H groups in total. The third kappa shape index (κ3) is 3.99. The number of carbonyl (C=O) groups excluding carboxylic acids is 1. The standard InChI is InChI=1S/C5H11NOS/c1-3-4(2)8-5(6)7/h4H,3H2,1-2H3,(H2,6,7). The van der Waals surface area contributed by atoms with Crippen molar-refractivity contribution in [3.8, 4) is 0 Å². The lowest BCUT2D eigenvalue weighted by Gasteiger charge is -2.01. The summed E-state index contributed by atoms with van der Waals surface area (Å²) in [6.07, 6.45) is 0.994. The Morgan fingerprint density at radius 2 is 2.38 bits per heavy atom. The van der Waals surface area contributed by atoms with Gasteiger partial charge >= 0.3 is 0 Å². The molecule has 1 atom stereocenters. The zero-order chi connectivity index (χ0) is 6.57. The van der Waals surface area contributed by atoms with E-state index in [9.17, 15) is 4.79 Å². The lowest BCUT2D eigenvalue weighted by molar-refractivity contribution is 0.267. The van der Waals surface area contributed by atoms with Gasteiger partial charge in [0.1, 0.15) is 0 Å². The molecular weight excluding hydrogens is 122 g/mol. The summed E-state index contributed by atoms with van der Waals surface area (Å²) >= 11 is 1.19. The topological polar surface area (TPSA) is 43.1 Å². The number of thioether (sulfide) groups is 1. The number of amides is 1. The van der Waals surface area contributed by atoms with Gasteiger partial charge in [-0.1, -0.05) is 25.6 Å². The predicted molar refractivity (Wildman–Crippen MR) is 36.9 cm³/mol. The average Bonchev–Trinajstić information content (AvgIpc) is 1.65. The van der Waals surface area contributed by atoms with E-state index in [0.29, 0.717) is 5.25 Å². The molecule has 0 heterocycles. The second-order valence-corrected chi connectivity index (χ2v) is 3.10. The zero-order valence-corrected chi connectivity index (χ0v) is 5.99. The fourth-order valence-corrected chi connectivity index (χ4v) is 0.845. The second-order valence-electron chi connectivity index (χ2n) is 1.66. The largest absolute Gasteiger partial charge is 0.361 e. The minimum atomic E-state index is -0.278. The fourth-order valence-electron chi connectivity index (χ4n) is 0.282. The molecule has 0 bridgehead atoms. The van der Waals surface area contributed by atoms with Crippen molar-refractivity contribution in [2.45, 2.75) is 25.5 Å². The fraction of sp³-hybridized carbons (Fsp3) is 0.800. The summed E-state index contributed by atoms with van der Waals surface area (Å²) in [4.78, 5) is 10.2. The van der Waals surface area contributed by atoms with Gasteiger partial charge in [-0.2, -0.15) is 0 Å². The van der Waals surface area contributed by atoms with Gasteiger partial charge in [-0.05, 0) is 6.42 Å². The number of primary amides is 1. The molecule has 2 nitrogen and oxygen atoms in total. The molecule has 0 aromatic carbocycles. The molecule has 8 heavy (non-hydrogen) atoms. The van der Waals surface area contributed by atoms with Crippen LogP contribution in [-0.2, 0) is 0 Å². The van der Waals surface area contributed by atoms with Gasteiger partial charge in [-0.25, -0.2) is 0 Å². The molecular formula is C5H11NOS. The van der Waals surface area contributed by atoms with E-state index in [0.717, 1.165) is 6.42 Å². The number of nitrogens with two attached hydrogens (primary N) is 1. The van der Waals surface area contributed by atoms with E-state index in [-0.39, 0.29) is 5.24 Å². The van der Waals surface area contributed by atoms with Crippen molar-refractivity contribution >= 4 is 17.0 Å². The van der Waals surface area contributed by atoms with Crippen LogP contribution in [0.5, 0.6) is 0 Å². The van der Waals surface area contributed by atoms with Gasteiger partial charge in [-0.15, -0.1) is 0 Å². The average molecular weight is 133 g/mol. The molecule has 0 saturated heterocycles. The third-order valence-corrected chi connectivity index (χ3v) is 1.86. The minimum Gasteiger partial charge on any atom is -0.361 e. The molecule has 0 saturated carbocycles. The summed E-state index contributed by atoms with van der Waals surface area (Å²) in [6.45, 7) is 4.01. The van der Waals surface area contributed by atoms with Gasteiger partial charge in [-0.3, -0.25) is 4.79 Å². The van der Waals surface area contributed by atoms with E-state index in [2.05, 4.69) is 0 Å². The van der Waals surface area contributed by atoms with Crippen molar-refractivity contribution in [3.63, 3.8) is 0 Å². The van der Waals surface area contributed by atoms with E-state index in [4.69, 9.17) is 5.73 Å². The maximum Gasteiger partial charge on any atom is 0.276 e. The summed E-state index contributed by atoms with van der Waals surface area (Å²) in [5.74, 6) is 0. The minimum absolute atomic E-state index is 0.278. The highest BCUT2D eigenvalue weighted by atomic mass is 32.2. The number of hydrogen-bond acceptors (Lipinski definition) is 2. The van der Waals surface area contributed by atoms with Crippen molar-refractivity contribution in [1.82, 2.24) is 0 Å². The first kappa shape index (κ1) is 7.82. The SMILES string of the molecule is CCC(C)SC(N)=O. The first-order valence-corrected chi connectivity index (χ1v) is 3.50. The Kier molecular flexibility index (Phi) is 3.69. The maximum atomic E-state index is 10.2. The number of rotatable bonds is 2. The van der Waals surface area contributed by atoms with Gasteiger partial charge in [0.15, 0.2) is 0 Å². The molecule has 1 amide bonds. The molecule has 0 spiro atoms. The molecule has 0 aliphatic carbocycles. The van der Waals surface area contributed by atoms with Gasteiger partial charge in [0, 0.05) is 5.25 Å². The molecule has 48 valence electrons. The third-order valence-electron chi connectivity index (χ3n) is 0.892. The van der Waals surface area contributed by atoms with Crippen molar-refractivity contribution in [1.29, 1.82) is 0 Å². The predicted octanol–water partition coefficient (Wildman–Crippen LogP) is 1.60. The van der Waals surface area contributed by atoms with Crippen molar-refractivity contribution in [2.24, 2.45) is 5.73 Å². The molecule has 0 fully saturated rings. The van der Waals surface area contributed by atoms with Gasteiger partial charge in [0.2, 0.25) is 0 Å². The summed E-state index contributed by atoms with van der Waals surface area (Å²) < 4.78 is 0.